The molecule has 0 spiro atoms. The summed E-state index contributed by atoms with van der Waals surface area (Å²) in [6, 6.07) is 0.416. The van der Waals surface area contributed by atoms with E-state index in [0.717, 1.165) is 46.0 Å². The fourth-order valence-electron chi connectivity index (χ4n) is 1.63. The maximum absolute atomic E-state index is 5.19. The fourth-order valence-corrected chi connectivity index (χ4v) is 1.63. The first-order valence-electron chi connectivity index (χ1n) is 6.17. The van der Waals surface area contributed by atoms with Crippen LogP contribution in [0.1, 0.15) is 6.92 Å². The third kappa shape index (κ3) is 9.50. The minimum absolute atomic E-state index is 0.416. The highest BCUT2D eigenvalue weighted by molar-refractivity contribution is 4.67. The molecular weight excluding hydrogens is 220 g/mol. The molecule has 0 aromatic rings. The van der Waals surface area contributed by atoms with E-state index in [1.807, 2.05) is 0 Å². The van der Waals surface area contributed by atoms with Crippen LogP contribution in [0, 0.1) is 0 Å². The number of hydrogen-bond acceptors (Lipinski definition) is 5. The molecule has 5 nitrogen and oxygen atoms in total. The van der Waals surface area contributed by atoms with E-state index in [1.54, 1.807) is 21.3 Å². The summed E-state index contributed by atoms with van der Waals surface area (Å²) in [5.74, 6) is 0. The molecular formula is C12H28N2O3. The molecule has 1 N–H and O–H groups in total. The van der Waals surface area contributed by atoms with E-state index in [2.05, 4.69) is 17.1 Å². The minimum atomic E-state index is 0.416. The largest absolute Gasteiger partial charge is 0.383 e. The van der Waals surface area contributed by atoms with Crippen molar-refractivity contribution in [3.63, 3.8) is 0 Å². The molecule has 1 unspecified atom stereocenters. The number of methoxy groups -OCH3 is 3. The van der Waals surface area contributed by atoms with E-state index in [0.29, 0.717) is 6.04 Å². The van der Waals surface area contributed by atoms with Crippen LogP contribution in [-0.4, -0.2) is 78.3 Å². The highest BCUT2D eigenvalue weighted by Gasteiger charge is 2.12. The van der Waals surface area contributed by atoms with E-state index >= 15 is 0 Å². The Morgan fingerprint density at radius 3 is 2.24 bits per heavy atom. The summed E-state index contributed by atoms with van der Waals surface area (Å²) in [6.45, 7) is 8.23. The second-order valence-corrected chi connectivity index (χ2v) is 4.08. The van der Waals surface area contributed by atoms with Gasteiger partial charge < -0.3 is 19.5 Å². The van der Waals surface area contributed by atoms with Crippen molar-refractivity contribution >= 4 is 0 Å². The molecule has 0 aromatic heterocycles. The van der Waals surface area contributed by atoms with Gasteiger partial charge in [0.05, 0.1) is 19.8 Å². The number of ether oxygens (including phenoxy) is 3. The summed E-state index contributed by atoms with van der Waals surface area (Å²) in [5, 5.41) is 3.34. The molecule has 0 aromatic carbocycles. The van der Waals surface area contributed by atoms with Crippen molar-refractivity contribution in [1.82, 2.24) is 10.2 Å². The van der Waals surface area contributed by atoms with Crippen LogP contribution in [0.4, 0.5) is 0 Å². The van der Waals surface area contributed by atoms with Crippen LogP contribution >= 0.6 is 0 Å². The van der Waals surface area contributed by atoms with Crippen molar-refractivity contribution in [3.05, 3.63) is 0 Å². The lowest BCUT2D eigenvalue weighted by molar-refractivity contribution is 0.0753. The molecule has 0 aliphatic rings. The van der Waals surface area contributed by atoms with Gasteiger partial charge in [-0.3, -0.25) is 4.90 Å². The molecule has 17 heavy (non-hydrogen) atoms. The summed E-state index contributed by atoms with van der Waals surface area (Å²) in [6.07, 6.45) is 0. The van der Waals surface area contributed by atoms with Gasteiger partial charge in [0.1, 0.15) is 0 Å². The third-order valence-electron chi connectivity index (χ3n) is 2.67. The second-order valence-electron chi connectivity index (χ2n) is 4.08. The van der Waals surface area contributed by atoms with Crippen molar-refractivity contribution in [2.24, 2.45) is 0 Å². The second kappa shape index (κ2) is 12.3. The molecule has 0 rings (SSSR count). The van der Waals surface area contributed by atoms with Gasteiger partial charge in [0.2, 0.25) is 0 Å². The summed E-state index contributed by atoms with van der Waals surface area (Å²) < 4.78 is 15.3. The molecule has 0 saturated heterocycles. The Bertz CT molecular complexity index is 159. The summed E-state index contributed by atoms with van der Waals surface area (Å²) in [7, 11) is 5.19. The predicted molar refractivity (Wildman–Crippen MR) is 69.5 cm³/mol. The van der Waals surface area contributed by atoms with E-state index in [9.17, 15) is 0 Å². The van der Waals surface area contributed by atoms with Crippen LogP contribution in [0.2, 0.25) is 0 Å². The van der Waals surface area contributed by atoms with E-state index in [1.165, 1.54) is 0 Å². The molecule has 0 amide bonds. The van der Waals surface area contributed by atoms with E-state index in [-0.39, 0.29) is 0 Å². The maximum atomic E-state index is 5.19. The van der Waals surface area contributed by atoms with Gasteiger partial charge in [-0.1, -0.05) is 0 Å². The Morgan fingerprint density at radius 2 is 1.65 bits per heavy atom. The molecule has 5 heteroatoms. The summed E-state index contributed by atoms with van der Waals surface area (Å²) >= 11 is 0. The number of rotatable bonds is 12. The predicted octanol–water partition coefficient (Wildman–Crippen LogP) is 0.206. The molecule has 1 atom stereocenters. The molecule has 0 saturated carbocycles. The quantitative estimate of drug-likeness (QED) is 0.500. The van der Waals surface area contributed by atoms with Gasteiger partial charge in [-0.2, -0.15) is 0 Å². The molecule has 0 bridgehead atoms. The molecule has 104 valence electrons. The normalized spacial score (nSPS) is 13.2. The van der Waals surface area contributed by atoms with Gasteiger partial charge in [0.25, 0.3) is 0 Å². The van der Waals surface area contributed by atoms with Crippen LogP contribution in [0.3, 0.4) is 0 Å². The van der Waals surface area contributed by atoms with Crippen LogP contribution < -0.4 is 5.32 Å². The molecule has 0 fully saturated rings. The van der Waals surface area contributed by atoms with Crippen molar-refractivity contribution in [2.45, 2.75) is 13.0 Å². The Balaban J connectivity index is 3.75. The Labute approximate surface area is 105 Å². The zero-order valence-corrected chi connectivity index (χ0v) is 11.7. The van der Waals surface area contributed by atoms with Crippen molar-refractivity contribution < 1.29 is 14.2 Å². The first-order valence-corrected chi connectivity index (χ1v) is 6.17. The Hall–Kier alpha value is -0.200. The van der Waals surface area contributed by atoms with Gasteiger partial charge in [0.15, 0.2) is 0 Å². The van der Waals surface area contributed by atoms with Gasteiger partial charge in [-0.25, -0.2) is 0 Å². The first-order chi connectivity index (χ1) is 8.26. The van der Waals surface area contributed by atoms with Crippen LogP contribution in [0.25, 0.3) is 0 Å². The van der Waals surface area contributed by atoms with Gasteiger partial charge >= 0.3 is 0 Å². The number of nitrogens with zero attached hydrogens (tertiary/aromatic N) is 1. The molecule has 0 aliphatic heterocycles. The highest BCUT2D eigenvalue weighted by Crippen LogP contribution is 1.98. The topological polar surface area (TPSA) is 43.0 Å². The minimum Gasteiger partial charge on any atom is -0.383 e. The van der Waals surface area contributed by atoms with Gasteiger partial charge in [-0.05, 0) is 6.92 Å². The summed E-state index contributed by atoms with van der Waals surface area (Å²) in [4.78, 5) is 2.37. The lowest BCUT2D eigenvalue weighted by Crippen LogP contribution is -2.42. The molecule has 0 radical (unpaired) electrons. The van der Waals surface area contributed by atoms with Gasteiger partial charge in [0, 0.05) is 53.6 Å². The lowest BCUT2D eigenvalue weighted by atomic mass is 10.3. The molecule has 0 heterocycles. The van der Waals surface area contributed by atoms with Crippen molar-refractivity contribution in [3.8, 4) is 0 Å². The first kappa shape index (κ1) is 16.8. The Morgan fingerprint density at radius 1 is 0.941 bits per heavy atom. The number of hydrogen-bond donors (Lipinski definition) is 1. The maximum Gasteiger partial charge on any atom is 0.0615 e. The highest BCUT2D eigenvalue weighted by atomic mass is 16.5. The SMILES string of the molecule is COCCNCCN(CCOC)C(C)COC. The zero-order chi connectivity index (χ0) is 12.9. The standard InChI is InChI=1S/C12H28N2O3/c1-12(11-17-4)14(8-10-16-3)7-5-13-6-9-15-2/h12-13H,5-11H2,1-4H3. The van der Waals surface area contributed by atoms with Crippen LogP contribution in [0.5, 0.6) is 0 Å². The smallest absolute Gasteiger partial charge is 0.0615 e. The van der Waals surface area contributed by atoms with E-state index in [4.69, 9.17) is 14.2 Å². The average molecular weight is 248 g/mol. The fraction of sp³-hybridized carbons (Fsp3) is 1.00. The van der Waals surface area contributed by atoms with Crippen molar-refractivity contribution in [1.29, 1.82) is 0 Å². The van der Waals surface area contributed by atoms with Crippen LogP contribution in [-0.2, 0) is 14.2 Å². The third-order valence-corrected chi connectivity index (χ3v) is 2.67. The van der Waals surface area contributed by atoms with Gasteiger partial charge in [-0.15, -0.1) is 0 Å². The van der Waals surface area contributed by atoms with Crippen LogP contribution in [0.15, 0.2) is 0 Å². The Kier molecular flexibility index (Phi) is 12.1. The zero-order valence-electron chi connectivity index (χ0n) is 11.7. The average Bonchev–Trinajstić information content (AvgIpc) is 2.33. The number of nitrogens with one attached hydrogen (secondary N) is 1. The summed E-state index contributed by atoms with van der Waals surface area (Å²) in [5.41, 5.74) is 0. The molecule has 0 aliphatic carbocycles. The van der Waals surface area contributed by atoms with Crippen molar-refractivity contribution in [2.75, 3.05) is 67.3 Å². The van der Waals surface area contributed by atoms with E-state index < -0.39 is 0 Å². The lowest BCUT2D eigenvalue weighted by Gasteiger charge is -2.28. The monoisotopic (exact) mass is 248 g/mol.